The summed E-state index contributed by atoms with van der Waals surface area (Å²) in [4.78, 5) is 34.5. The molecule has 6 nitrogen and oxygen atoms in total. The summed E-state index contributed by atoms with van der Waals surface area (Å²) >= 11 is -0.262. The second kappa shape index (κ2) is 10.8. The predicted octanol–water partition coefficient (Wildman–Crippen LogP) is 2.26. The fraction of sp³-hybridized carbons (Fsp3) is 0. The molecule has 2 aromatic carbocycles. The molecule has 0 aliphatic rings. The molecular weight excluding hydrogens is 534 g/mol. The normalized spacial score (nSPS) is 10.4. The molecule has 2 aromatic heterocycles. The van der Waals surface area contributed by atoms with E-state index in [9.17, 15) is 9.59 Å². The van der Waals surface area contributed by atoms with Crippen molar-refractivity contribution in [1.82, 2.24) is 9.97 Å². The molecule has 0 atom stereocenters. The van der Waals surface area contributed by atoms with Gasteiger partial charge in [-0.1, -0.05) is 0 Å². The van der Waals surface area contributed by atoms with E-state index in [4.69, 9.17) is 0 Å². The van der Waals surface area contributed by atoms with E-state index < -0.39 is 0 Å². The number of nitrogens with zero attached hydrogens (tertiary/aromatic N) is 2. The molecule has 4 aromatic rings. The Hall–Kier alpha value is -3.28. The van der Waals surface area contributed by atoms with Crippen LogP contribution in [0.5, 0.6) is 0 Å². The summed E-state index contributed by atoms with van der Waals surface area (Å²) < 4.78 is 1.49. The molecule has 4 rings (SSSR count). The summed E-state index contributed by atoms with van der Waals surface area (Å²) in [6.45, 7) is 0. The van der Waals surface area contributed by atoms with E-state index in [-0.39, 0.29) is 38.1 Å². The van der Waals surface area contributed by atoms with Gasteiger partial charge >= 0.3 is 197 Å². The topological polar surface area (TPSA) is 84.0 Å². The zero-order valence-corrected chi connectivity index (χ0v) is 20.2. The van der Waals surface area contributed by atoms with Gasteiger partial charge in [0.05, 0.1) is 0 Å². The predicted molar refractivity (Wildman–Crippen MR) is 128 cm³/mol. The van der Waals surface area contributed by atoms with Gasteiger partial charge in [-0.05, 0) is 0 Å². The van der Waals surface area contributed by atoms with Crippen molar-refractivity contribution in [3.63, 3.8) is 0 Å². The van der Waals surface area contributed by atoms with Gasteiger partial charge in [-0.15, -0.1) is 0 Å². The number of anilines is 2. The third-order valence-corrected chi connectivity index (χ3v) is 10.8. The van der Waals surface area contributed by atoms with Gasteiger partial charge in [0.1, 0.15) is 0 Å². The summed E-state index contributed by atoms with van der Waals surface area (Å²) in [5.74, 6) is -0.389. The molecular formula is C24H18N4O2Se2. The van der Waals surface area contributed by atoms with E-state index in [1.165, 1.54) is 0 Å². The summed E-state index contributed by atoms with van der Waals surface area (Å²) in [6, 6.07) is 25.7. The Morgan fingerprint density at radius 1 is 0.562 bits per heavy atom. The molecule has 158 valence electrons. The van der Waals surface area contributed by atoms with Gasteiger partial charge in [0, 0.05) is 0 Å². The first kappa shape index (κ1) is 21.9. The zero-order chi connectivity index (χ0) is 22.2. The number of rotatable bonds is 7. The zero-order valence-electron chi connectivity index (χ0n) is 16.8. The first-order valence-corrected chi connectivity index (χ1v) is 15.7. The average molecular weight is 552 g/mol. The number of hydrogen-bond acceptors (Lipinski definition) is 4. The molecule has 2 amide bonds. The molecule has 0 bridgehead atoms. The second-order valence-corrected chi connectivity index (χ2v) is 12.5. The second-order valence-electron chi connectivity index (χ2n) is 6.52. The van der Waals surface area contributed by atoms with E-state index in [0.29, 0.717) is 11.1 Å². The van der Waals surface area contributed by atoms with Crippen LogP contribution in [0.3, 0.4) is 0 Å². The van der Waals surface area contributed by atoms with Crippen molar-refractivity contribution in [3.8, 4) is 0 Å². The van der Waals surface area contributed by atoms with Gasteiger partial charge in [-0.25, -0.2) is 0 Å². The van der Waals surface area contributed by atoms with E-state index in [0.717, 1.165) is 20.6 Å². The van der Waals surface area contributed by atoms with Crippen LogP contribution in [-0.2, 0) is 0 Å². The van der Waals surface area contributed by atoms with Gasteiger partial charge in [0.15, 0.2) is 0 Å². The summed E-state index contributed by atoms with van der Waals surface area (Å²) in [6.07, 6.45) is 3.38. The Morgan fingerprint density at radius 2 is 0.969 bits per heavy atom. The van der Waals surface area contributed by atoms with Crippen molar-refractivity contribution in [2.45, 2.75) is 0 Å². The van der Waals surface area contributed by atoms with Gasteiger partial charge in [0.25, 0.3) is 0 Å². The maximum atomic E-state index is 12.8. The van der Waals surface area contributed by atoms with Crippen LogP contribution in [0.4, 0.5) is 11.4 Å². The van der Waals surface area contributed by atoms with Crippen molar-refractivity contribution in [3.05, 3.63) is 108 Å². The van der Waals surface area contributed by atoms with Crippen LogP contribution in [0.25, 0.3) is 0 Å². The van der Waals surface area contributed by atoms with Crippen molar-refractivity contribution in [2.75, 3.05) is 10.6 Å². The number of hydrogen-bond donors (Lipinski definition) is 2. The van der Waals surface area contributed by atoms with Crippen LogP contribution in [0.2, 0.25) is 0 Å². The fourth-order valence-electron chi connectivity index (χ4n) is 2.78. The quantitative estimate of drug-likeness (QED) is 0.345. The van der Waals surface area contributed by atoms with E-state index >= 15 is 0 Å². The van der Waals surface area contributed by atoms with Gasteiger partial charge in [-0.2, -0.15) is 0 Å². The van der Waals surface area contributed by atoms with Crippen LogP contribution in [0, 0.1) is 0 Å². The number of carbonyl (C=O) groups excluding carboxylic acids is 2. The van der Waals surface area contributed by atoms with Crippen molar-refractivity contribution < 1.29 is 9.59 Å². The van der Waals surface area contributed by atoms with Crippen LogP contribution in [-0.4, -0.2) is 48.0 Å². The molecule has 0 radical (unpaired) electrons. The van der Waals surface area contributed by atoms with Crippen molar-refractivity contribution >= 4 is 58.6 Å². The first-order valence-electron chi connectivity index (χ1n) is 9.68. The number of carbonyl (C=O) groups is 2. The monoisotopic (exact) mass is 554 g/mol. The van der Waals surface area contributed by atoms with E-state index in [2.05, 4.69) is 20.6 Å². The molecule has 0 aliphatic carbocycles. The Labute approximate surface area is 196 Å². The molecule has 2 N–H and O–H groups in total. The van der Waals surface area contributed by atoms with E-state index in [1.807, 2.05) is 60.7 Å². The average Bonchev–Trinajstić information content (AvgIpc) is 2.84. The molecule has 0 saturated heterocycles. The molecule has 0 unspecified atom stereocenters. The Kier molecular flexibility index (Phi) is 7.43. The van der Waals surface area contributed by atoms with Crippen molar-refractivity contribution in [2.24, 2.45) is 0 Å². The first-order chi connectivity index (χ1) is 15.7. The SMILES string of the molecule is O=C(Nc1ccccc1)c1cccnc1[Se][Se]c1ncccc1C(=O)Nc1ccccc1. The van der Waals surface area contributed by atoms with Gasteiger partial charge in [-0.3, -0.25) is 0 Å². The molecule has 0 saturated carbocycles. The van der Waals surface area contributed by atoms with Crippen molar-refractivity contribution in [1.29, 1.82) is 0 Å². The number of amides is 2. The summed E-state index contributed by atoms with van der Waals surface area (Å²) in [7, 11) is 0. The minimum absolute atomic E-state index is 0.131. The Bertz CT molecular complexity index is 1120. The van der Waals surface area contributed by atoms with Gasteiger partial charge in [0.2, 0.25) is 0 Å². The van der Waals surface area contributed by atoms with Crippen LogP contribution in [0.1, 0.15) is 20.7 Å². The molecule has 32 heavy (non-hydrogen) atoms. The molecule has 2 heterocycles. The summed E-state index contributed by atoms with van der Waals surface area (Å²) in [5, 5.41) is 5.82. The van der Waals surface area contributed by atoms with Crippen LogP contribution in [0.15, 0.2) is 97.3 Å². The number of pyridine rings is 2. The fourth-order valence-corrected chi connectivity index (χ4v) is 9.21. The third-order valence-electron chi connectivity index (χ3n) is 4.29. The molecule has 0 aliphatic heterocycles. The van der Waals surface area contributed by atoms with Crippen LogP contribution >= 0.6 is 0 Å². The standard InChI is InChI=1S/C24H18N4O2Se2/c29-21(27-17-9-3-1-4-10-17)19-13-7-15-25-23(19)31-32-24-20(14-8-16-26-24)22(30)28-18-11-5-2-6-12-18/h1-16H,(H,27,29)(H,28,30). The third kappa shape index (κ3) is 5.69. The number of para-hydroxylation sites is 2. The van der Waals surface area contributed by atoms with Gasteiger partial charge < -0.3 is 0 Å². The minimum atomic E-state index is -0.194. The molecule has 0 fully saturated rings. The Balaban J connectivity index is 1.49. The maximum absolute atomic E-state index is 12.8. The molecule has 8 heteroatoms. The molecule has 0 spiro atoms. The summed E-state index contributed by atoms with van der Waals surface area (Å²) in [5.41, 5.74) is 2.55. The number of aromatic nitrogens is 2. The van der Waals surface area contributed by atoms with E-state index in [1.54, 1.807) is 36.7 Å². The number of benzene rings is 2. The van der Waals surface area contributed by atoms with Crippen LogP contribution < -0.4 is 19.8 Å². The number of nitrogens with one attached hydrogen (secondary N) is 2. The Morgan fingerprint density at radius 3 is 1.38 bits per heavy atom.